The van der Waals surface area contributed by atoms with E-state index in [0.717, 1.165) is 11.1 Å². The molecular weight excluding hydrogens is 186 g/mol. The molecule has 0 aliphatic rings. The van der Waals surface area contributed by atoms with Gasteiger partial charge in [-0.05, 0) is 18.2 Å². The molecule has 0 saturated carbocycles. The molecule has 1 radical (unpaired) electrons. The third kappa shape index (κ3) is 1.40. The van der Waals surface area contributed by atoms with Crippen LogP contribution in [0.3, 0.4) is 0 Å². The fourth-order valence-electron chi connectivity index (χ4n) is 1.52. The second-order valence-electron chi connectivity index (χ2n) is 3.27. The first-order valence-corrected chi connectivity index (χ1v) is 4.76. The van der Waals surface area contributed by atoms with Gasteiger partial charge in [-0.25, -0.2) is 4.98 Å². The molecule has 0 atom stereocenters. The van der Waals surface area contributed by atoms with Crippen molar-refractivity contribution in [2.45, 2.75) is 0 Å². The van der Waals surface area contributed by atoms with Gasteiger partial charge in [0.2, 0.25) is 5.89 Å². The molecule has 0 fully saturated rings. The fourth-order valence-corrected chi connectivity index (χ4v) is 1.52. The minimum absolute atomic E-state index is 0.646. The van der Waals surface area contributed by atoms with Crippen molar-refractivity contribution in [2.75, 3.05) is 0 Å². The van der Waals surface area contributed by atoms with Gasteiger partial charge >= 0.3 is 0 Å². The molecule has 15 heavy (non-hydrogen) atoms. The van der Waals surface area contributed by atoms with E-state index < -0.39 is 0 Å². The second kappa shape index (κ2) is 3.24. The topological polar surface area (TPSA) is 26.0 Å². The van der Waals surface area contributed by atoms with Crippen LogP contribution in [0.15, 0.2) is 52.9 Å². The Morgan fingerprint density at radius 1 is 1.00 bits per heavy atom. The van der Waals surface area contributed by atoms with Gasteiger partial charge in [-0.15, -0.1) is 0 Å². The van der Waals surface area contributed by atoms with Crippen LogP contribution in [0.4, 0.5) is 0 Å². The third-order valence-electron chi connectivity index (χ3n) is 2.24. The largest absolute Gasteiger partial charge is 0.435 e. The first kappa shape index (κ1) is 8.24. The van der Waals surface area contributed by atoms with Crippen LogP contribution in [0.2, 0.25) is 0 Å². The smallest absolute Gasteiger partial charge is 0.227 e. The highest BCUT2D eigenvalue weighted by atomic mass is 16.3. The van der Waals surface area contributed by atoms with Crippen molar-refractivity contribution in [3.8, 4) is 11.5 Å². The van der Waals surface area contributed by atoms with Gasteiger partial charge in [0.15, 0.2) is 5.58 Å². The summed E-state index contributed by atoms with van der Waals surface area (Å²) in [5.74, 6) is 0.646. The Morgan fingerprint density at radius 3 is 2.67 bits per heavy atom. The summed E-state index contributed by atoms with van der Waals surface area (Å²) in [7, 11) is 0. The molecule has 3 aromatic rings. The Hall–Kier alpha value is -2.09. The van der Waals surface area contributed by atoms with Gasteiger partial charge in [0.05, 0.1) is 0 Å². The summed E-state index contributed by atoms with van der Waals surface area (Å²) in [6, 6.07) is 18.5. The first-order chi connectivity index (χ1) is 7.43. The van der Waals surface area contributed by atoms with Gasteiger partial charge in [0.25, 0.3) is 0 Å². The SMILES string of the molecule is [c]1cccc2nc(-c3ccccc3)oc12. The van der Waals surface area contributed by atoms with E-state index >= 15 is 0 Å². The number of benzene rings is 2. The van der Waals surface area contributed by atoms with E-state index in [9.17, 15) is 0 Å². The monoisotopic (exact) mass is 194 g/mol. The van der Waals surface area contributed by atoms with Gasteiger partial charge in [-0.2, -0.15) is 0 Å². The number of oxazole rings is 1. The lowest BCUT2D eigenvalue weighted by molar-refractivity contribution is 0.619. The van der Waals surface area contributed by atoms with Crippen molar-refractivity contribution in [3.63, 3.8) is 0 Å². The van der Waals surface area contributed by atoms with Crippen molar-refractivity contribution in [1.82, 2.24) is 4.98 Å². The molecular formula is C13H8NO. The van der Waals surface area contributed by atoms with E-state index in [0.29, 0.717) is 11.5 Å². The maximum absolute atomic E-state index is 5.59. The van der Waals surface area contributed by atoms with Gasteiger partial charge in [0, 0.05) is 11.6 Å². The minimum Gasteiger partial charge on any atom is -0.435 e. The molecule has 2 heteroatoms. The normalized spacial score (nSPS) is 10.7. The van der Waals surface area contributed by atoms with Gasteiger partial charge < -0.3 is 4.42 Å². The summed E-state index contributed by atoms with van der Waals surface area (Å²) in [5.41, 5.74) is 2.54. The molecule has 1 heterocycles. The van der Waals surface area contributed by atoms with Crippen LogP contribution in [0, 0.1) is 6.07 Å². The molecule has 2 aromatic carbocycles. The number of hydrogen-bond acceptors (Lipinski definition) is 2. The Bertz CT molecular complexity index is 551. The van der Waals surface area contributed by atoms with Gasteiger partial charge in [-0.3, -0.25) is 0 Å². The number of hydrogen-bond donors (Lipinski definition) is 0. The molecule has 0 saturated heterocycles. The Labute approximate surface area is 87.2 Å². The molecule has 0 N–H and O–H groups in total. The maximum atomic E-state index is 5.59. The van der Waals surface area contributed by atoms with E-state index in [-0.39, 0.29) is 0 Å². The number of nitrogens with zero attached hydrogens (tertiary/aromatic N) is 1. The van der Waals surface area contributed by atoms with Crippen molar-refractivity contribution in [3.05, 3.63) is 54.6 Å². The first-order valence-electron chi connectivity index (χ1n) is 4.76. The second-order valence-corrected chi connectivity index (χ2v) is 3.27. The zero-order valence-electron chi connectivity index (χ0n) is 7.97. The summed E-state index contributed by atoms with van der Waals surface area (Å²) in [6.07, 6.45) is 0. The predicted molar refractivity (Wildman–Crippen MR) is 58.3 cm³/mol. The molecule has 0 unspecified atom stereocenters. The molecule has 0 spiro atoms. The van der Waals surface area contributed by atoms with Crippen molar-refractivity contribution >= 4 is 11.1 Å². The standard InChI is InChI=1S/C13H8NO/c1-2-6-10(7-3-1)13-14-11-8-4-5-9-12(11)15-13/h1-8H. The Kier molecular flexibility index (Phi) is 1.78. The zero-order chi connectivity index (χ0) is 10.1. The molecule has 0 amide bonds. The highest BCUT2D eigenvalue weighted by Gasteiger charge is 2.06. The molecule has 1 aromatic heterocycles. The highest BCUT2D eigenvalue weighted by molar-refractivity contribution is 5.75. The third-order valence-corrected chi connectivity index (χ3v) is 2.24. The number of aromatic nitrogens is 1. The van der Waals surface area contributed by atoms with Crippen LogP contribution >= 0.6 is 0 Å². The summed E-state index contributed by atoms with van der Waals surface area (Å²) < 4.78 is 5.59. The van der Waals surface area contributed by atoms with Gasteiger partial charge in [0.1, 0.15) is 5.52 Å². The molecule has 71 valence electrons. The highest BCUT2D eigenvalue weighted by Crippen LogP contribution is 2.22. The van der Waals surface area contributed by atoms with E-state index in [4.69, 9.17) is 4.42 Å². The van der Waals surface area contributed by atoms with Crippen molar-refractivity contribution < 1.29 is 4.42 Å². The van der Waals surface area contributed by atoms with E-state index in [2.05, 4.69) is 11.1 Å². The molecule has 3 rings (SSSR count). The summed E-state index contributed by atoms with van der Waals surface area (Å²) in [4.78, 5) is 4.39. The maximum Gasteiger partial charge on any atom is 0.227 e. The number of rotatable bonds is 1. The van der Waals surface area contributed by atoms with E-state index in [1.54, 1.807) is 0 Å². The number of para-hydroxylation sites is 1. The Morgan fingerprint density at radius 2 is 1.87 bits per heavy atom. The quantitative estimate of drug-likeness (QED) is 0.594. The summed E-state index contributed by atoms with van der Waals surface area (Å²) >= 11 is 0. The van der Waals surface area contributed by atoms with Crippen LogP contribution in [0.1, 0.15) is 0 Å². The fraction of sp³-hybridized carbons (Fsp3) is 0. The van der Waals surface area contributed by atoms with Crippen molar-refractivity contribution in [1.29, 1.82) is 0 Å². The average Bonchev–Trinajstić information content (AvgIpc) is 2.74. The van der Waals surface area contributed by atoms with Crippen LogP contribution in [-0.2, 0) is 0 Å². The predicted octanol–water partition coefficient (Wildman–Crippen LogP) is 3.29. The van der Waals surface area contributed by atoms with Crippen molar-refractivity contribution in [2.24, 2.45) is 0 Å². The number of fused-ring (bicyclic) bond motifs is 1. The Balaban J connectivity index is 2.21. The molecule has 2 nitrogen and oxygen atoms in total. The van der Waals surface area contributed by atoms with E-state index in [1.165, 1.54) is 0 Å². The van der Waals surface area contributed by atoms with Crippen LogP contribution in [-0.4, -0.2) is 4.98 Å². The van der Waals surface area contributed by atoms with Crippen LogP contribution < -0.4 is 0 Å². The average molecular weight is 194 g/mol. The lowest BCUT2D eigenvalue weighted by Gasteiger charge is -1.91. The lowest BCUT2D eigenvalue weighted by Crippen LogP contribution is -1.74. The molecule has 0 aliphatic heterocycles. The summed E-state index contributed by atoms with van der Waals surface area (Å²) in [6.45, 7) is 0. The van der Waals surface area contributed by atoms with E-state index in [1.807, 2.05) is 48.5 Å². The summed E-state index contributed by atoms with van der Waals surface area (Å²) in [5, 5.41) is 0. The lowest BCUT2D eigenvalue weighted by atomic mass is 10.2. The molecule has 0 aliphatic carbocycles. The van der Waals surface area contributed by atoms with Crippen LogP contribution in [0.5, 0.6) is 0 Å². The minimum atomic E-state index is 0.646. The zero-order valence-corrected chi connectivity index (χ0v) is 7.97. The van der Waals surface area contributed by atoms with Crippen LogP contribution in [0.25, 0.3) is 22.6 Å². The molecule has 0 bridgehead atoms. The van der Waals surface area contributed by atoms with Gasteiger partial charge in [-0.1, -0.05) is 30.3 Å².